The second-order valence-corrected chi connectivity index (χ2v) is 7.67. The van der Waals surface area contributed by atoms with Gasteiger partial charge in [0.1, 0.15) is 20.8 Å². The van der Waals surface area contributed by atoms with Gasteiger partial charge in [0.2, 0.25) is 0 Å². The number of benzene rings is 1. The van der Waals surface area contributed by atoms with Crippen LogP contribution in [0.15, 0.2) is 28.5 Å². The fourth-order valence-corrected chi connectivity index (χ4v) is 4.90. The van der Waals surface area contributed by atoms with Crippen LogP contribution in [-0.2, 0) is 14.8 Å². The van der Waals surface area contributed by atoms with Crippen LogP contribution >= 0.6 is 23.1 Å². The smallest absolute Gasteiger partial charge is 0.350 e. The van der Waals surface area contributed by atoms with Crippen LogP contribution in [0.5, 0.6) is 0 Å². The number of anilines is 1. The van der Waals surface area contributed by atoms with Crippen molar-refractivity contribution >= 4 is 55.8 Å². The fraction of sp³-hybridized carbons (Fsp3) is 0.154. The van der Waals surface area contributed by atoms with Crippen LogP contribution in [0.25, 0.3) is 11.0 Å². The van der Waals surface area contributed by atoms with Crippen LogP contribution in [-0.4, -0.2) is 30.2 Å². The van der Waals surface area contributed by atoms with Crippen molar-refractivity contribution in [2.75, 3.05) is 11.8 Å². The van der Waals surface area contributed by atoms with E-state index in [1.165, 1.54) is 13.2 Å². The van der Waals surface area contributed by atoms with E-state index in [4.69, 9.17) is 0 Å². The molecule has 0 amide bonds. The summed E-state index contributed by atoms with van der Waals surface area (Å²) in [5.41, 5.74) is 1.68. The van der Waals surface area contributed by atoms with Gasteiger partial charge >= 0.3 is 5.97 Å². The van der Waals surface area contributed by atoms with Crippen LogP contribution in [0.2, 0.25) is 0 Å². The fourth-order valence-electron chi connectivity index (χ4n) is 2.00. The monoisotopic (exact) mass is 369 g/mol. The van der Waals surface area contributed by atoms with Crippen molar-refractivity contribution in [1.29, 1.82) is 0 Å². The lowest BCUT2D eigenvalue weighted by Crippen LogP contribution is -2.16. The van der Waals surface area contributed by atoms with Gasteiger partial charge in [0, 0.05) is 0 Å². The molecule has 1 aromatic carbocycles. The third-order valence-corrected chi connectivity index (χ3v) is 6.12. The number of fused-ring (bicyclic) bond motifs is 1. The maximum absolute atomic E-state index is 12.7. The first-order chi connectivity index (χ1) is 10.9. The number of sulfonamides is 1. The number of nitrogens with zero attached hydrogens (tertiary/aromatic N) is 2. The Balaban J connectivity index is 2.08. The maximum Gasteiger partial charge on any atom is 0.350 e. The molecule has 0 saturated carbocycles. The zero-order chi connectivity index (χ0) is 16.6. The largest absolute Gasteiger partial charge is 0.465 e. The van der Waals surface area contributed by atoms with E-state index in [0.717, 1.165) is 23.1 Å². The van der Waals surface area contributed by atoms with E-state index in [-0.39, 0.29) is 15.5 Å². The molecule has 0 aliphatic carbocycles. The molecule has 7 nitrogen and oxygen atoms in total. The Morgan fingerprint density at radius 1 is 1.30 bits per heavy atom. The van der Waals surface area contributed by atoms with Gasteiger partial charge in [0.05, 0.1) is 24.5 Å². The minimum Gasteiger partial charge on any atom is -0.465 e. The van der Waals surface area contributed by atoms with Gasteiger partial charge in [-0.3, -0.25) is 4.72 Å². The molecule has 0 fully saturated rings. The molecule has 1 N–H and O–H groups in total. The molecule has 0 unspecified atom stereocenters. The van der Waals surface area contributed by atoms with Crippen molar-refractivity contribution in [3.63, 3.8) is 0 Å². The Labute approximate surface area is 140 Å². The molecule has 2 aromatic heterocycles. The van der Waals surface area contributed by atoms with Gasteiger partial charge in [-0.2, -0.15) is 8.75 Å². The number of esters is 1. The first kappa shape index (κ1) is 15.8. The van der Waals surface area contributed by atoms with Crippen molar-refractivity contribution in [2.24, 2.45) is 0 Å². The zero-order valence-corrected chi connectivity index (χ0v) is 14.5. The molecular formula is C13H11N3O4S3. The van der Waals surface area contributed by atoms with Gasteiger partial charge in [-0.1, -0.05) is 6.07 Å². The molecule has 0 radical (unpaired) electrons. The zero-order valence-electron chi connectivity index (χ0n) is 12.1. The summed E-state index contributed by atoms with van der Waals surface area (Å²) in [4.78, 5) is 12.0. The lowest BCUT2D eigenvalue weighted by atomic mass is 10.3. The van der Waals surface area contributed by atoms with Crippen LogP contribution in [0.4, 0.5) is 5.69 Å². The Bertz CT molecular complexity index is 991. The Morgan fingerprint density at radius 3 is 2.83 bits per heavy atom. The number of nitrogens with one attached hydrogen (secondary N) is 1. The number of hydrogen-bond donors (Lipinski definition) is 1. The molecule has 3 aromatic rings. The second-order valence-electron chi connectivity index (χ2n) is 4.61. The first-order valence-electron chi connectivity index (χ1n) is 6.34. The summed E-state index contributed by atoms with van der Waals surface area (Å²) in [5, 5.41) is 1.69. The van der Waals surface area contributed by atoms with Gasteiger partial charge in [-0.25, -0.2) is 13.2 Å². The average molecular weight is 369 g/mol. The first-order valence-corrected chi connectivity index (χ1v) is 9.44. The predicted molar refractivity (Wildman–Crippen MR) is 88.6 cm³/mol. The highest BCUT2D eigenvalue weighted by atomic mass is 32.2. The number of thiophene rings is 1. The van der Waals surface area contributed by atoms with Gasteiger partial charge < -0.3 is 4.74 Å². The highest BCUT2D eigenvalue weighted by molar-refractivity contribution is 7.93. The summed E-state index contributed by atoms with van der Waals surface area (Å²) in [5.74, 6) is -0.589. The highest BCUT2D eigenvalue weighted by Gasteiger charge is 2.25. The number of ether oxygens (including phenoxy) is 1. The minimum atomic E-state index is -3.91. The SMILES string of the molecule is COC(=O)c1scc(C)c1NS(=O)(=O)c1cccc2nsnc12. The molecule has 0 spiro atoms. The minimum absolute atomic E-state index is 0.0187. The molecule has 3 rings (SSSR count). The van der Waals surface area contributed by atoms with E-state index >= 15 is 0 Å². The molecule has 0 saturated heterocycles. The van der Waals surface area contributed by atoms with E-state index in [1.807, 2.05) is 0 Å². The molecule has 23 heavy (non-hydrogen) atoms. The lowest BCUT2D eigenvalue weighted by molar-refractivity contribution is 0.0607. The van der Waals surface area contributed by atoms with Gasteiger partial charge in [0.15, 0.2) is 0 Å². The number of methoxy groups -OCH3 is 1. The Morgan fingerprint density at radius 2 is 2.09 bits per heavy atom. The molecule has 0 aliphatic rings. The van der Waals surface area contributed by atoms with E-state index < -0.39 is 16.0 Å². The van der Waals surface area contributed by atoms with E-state index in [1.54, 1.807) is 24.4 Å². The predicted octanol–water partition coefficient (Wildman–Crippen LogP) is 2.65. The normalized spacial score (nSPS) is 11.6. The number of aromatic nitrogens is 2. The number of aryl methyl sites for hydroxylation is 1. The van der Waals surface area contributed by atoms with Crippen LogP contribution in [0.1, 0.15) is 15.2 Å². The molecule has 10 heteroatoms. The van der Waals surface area contributed by atoms with E-state index in [2.05, 4.69) is 18.2 Å². The second kappa shape index (κ2) is 5.87. The number of carbonyl (C=O) groups excluding carboxylic acids is 1. The van der Waals surface area contributed by atoms with Crippen molar-refractivity contribution < 1.29 is 17.9 Å². The summed E-state index contributed by atoms with van der Waals surface area (Å²) >= 11 is 2.06. The third kappa shape index (κ3) is 2.80. The Hall–Kier alpha value is -2.04. The number of rotatable bonds is 4. The molecule has 0 bridgehead atoms. The summed E-state index contributed by atoms with van der Waals surface area (Å²) in [6, 6.07) is 4.74. The van der Waals surface area contributed by atoms with Gasteiger partial charge in [-0.15, -0.1) is 11.3 Å². The van der Waals surface area contributed by atoms with Crippen LogP contribution < -0.4 is 4.72 Å². The highest BCUT2D eigenvalue weighted by Crippen LogP contribution is 2.31. The third-order valence-electron chi connectivity index (χ3n) is 3.12. The maximum atomic E-state index is 12.7. The van der Waals surface area contributed by atoms with Crippen LogP contribution in [0, 0.1) is 6.92 Å². The number of carbonyl (C=O) groups is 1. The standard InChI is InChI=1S/C13H11N3O4S3/c1-7-6-21-12(13(17)20-2)10(7)16-23(18,19)9-5-3-4-8-11(9)15-22-14-8/h3-6,16H,1-2H3. The van der Waals surface area contributed by atoms with Crippen molar-refractivity contribution in [3.05, 3.63) is 34.0 Å². The van der Waals surface area contributed by atoms with Gasteiger partial charge in [-0.05, 0) is 30.0 Å². The summed E-state index contributed by atoms with van der Waals surface area (Å²) in [6.07, 6.45) is 0. The summed E-state index contributed by atoms with van der Waals surface area (Å²) in [6.45, 7) is 1.71. The van der Waals surface area contributed by atoms with E-state index in [0.29, 0.717) is 16.6 Å². The van der Waals surface area contributed by atoms with Gasteiger partial charge in [0.25, 0.3) is 10.0 Å². The molecule has 2 heterocycles. The molecular weight excluding hydrogens is 358 g/mol. The van der Waals surface area contributed by atoms with Crippen molar-refractivity contribution in [1.82, 2.24) is 8.75 Å². The average Bonchev–Trinajstić information content (AvgIpc) is 3.13. The summed E-state index contributed by atoms with van der Waals surface area (Å²) < 4.78 is 40.6. The van der Waals surface area contributed by atoms with Crippen molar-refractivity contribution in [2.45, 2.75) is 11.8 Å². The number of hydrogen-bond acceptors (Lipinski definition) is 8. The molecule has 0 atom stereocenters. The van der Waals surface area contributed by atoms with Crippen LogP contribution in [0.3, 0.4) is 0 Å². The van der Waals surface area contributed by atoms with E-state index in [9.17, 15) is 13.2 Å². The quantitative estimate of drug-likeness (QED) is 0.710. The topological polar surface area (TPSA) is 98.2 Å². The Kier molecular flexibility index (Phi) is 4.04. The van der Waals surface area contributed by atoms with Crippen molar-refractivity contribution in [3.8, 4) is 0 Å². The summed E-state index contributed by atoms with van der Waals surface area (Å²) in [7, 11) is -2.67. The molecule has 0 aliphatic heterocycles. The molecule has 120 valence electrons. The lowest BCUT2D eigenvalue weighted by Gasteiger charge is -2.10.